The van der Waals surface area contributed by atoms with Crippen LogP contribution in [0.5, 0.6) is 0 Å². The number of hydrogen-bond acceptors (Lipinski definition) is 4. The van der Waals surface area contributed by atoms with Crippen LogP contribution >= 0.6 is 0 Å². The van der Waals surface area contributed by atoms with E-state index in [1.165, 1.54) is 12.3 Å². The van der Waals surface area contributed by atoms with E-state index in [1.54, 1.807) is 18.1 Å². The molecule has 30 heavy (non-hydrogen) atoms. The van der Waals surface area contributed by atoms with Gasteiger partial charge in [0.05, 0.1) is 25.2 Å². The predicted molar refractivity (Wildman–Crippen MR) is 110 cm³/mol. The van der Waals surface area contributed by atoms with Crippen molar-refractivity contribution in [3.8, 4) is 0 Å². The van der Waals surface area contributed by atoms with Gasteiger partial charge < -0.3 is 20.1 Å². The van der Waals surface area contributed by atoms with E-state index in [9.17, 15) is 9.18 Å². The highest BCUT2D eigenvalue weighted by Gasteiger charge is 2.47. The second-order valence-electron chi connectivity index (χ2n) is 7.92. The van der Waals surface area contributed by atoms with E-state index in [-0.39, 0.29) is 24.6 Å². The summed E-state index contributed by atoms with van der Waals surface area (Å²) < 4.78 is 30.0. The van der Waals surface area contributed by atoms with Crippen molar-refractivity contribution in [3.05, 3.63) is 71.4 Å². The largest absolute Gasteiger partial charge is 0.364 e. The molecule has 0 unspecified atom stereocenters. The third-order valence-electron chi connectivity index (χ3n) is 5.83. The summed E-state index contributed by atoms with van der Waals surface area (Å²) in [6, 6.07) is 10.7. The molecule has 2 aromatic heterocycles. The maximum atomic E-state index is 15.3. The monoisotopic (exact) mass is 409 g/mol. The zero-order chi connectivity index (χ0) is 20.9. The summed E-state index contributed by atoms with van der Waals surface area (Å²) in [6.07, 6.45) is 3.32. The number of aromatic nitrogens is 2. The highest BCUT2D eigenvalue weighted by Crippen LogP contribution is 2.40. The maximum Gasteiger partial charge on any atom is 0.228 e. The van der Waals surface area contributed by atoms with Crippen molar-refractivity contribution >= 4 is 23.1 Å². The lowest BCUT2D eigenvalue weighted by Crippen LogP contribution is -2.57. The smallest absolute Gasteiger partial charge is 0.228 e. The number of anilines is 3. The van der Waals surface area contributed by atoms with Gasteiger partial charge in [0, 0.05) is 54.6 Å². The number of rotatable bonds is 4. The second kappa shape index (κ2) is 6.83. The van der Waals surface area contributed by atoms with E-state index in [1.807, 2.05) is 35.2 Å². The summed E-state index contributed by atoms with van der Waals surface area (Å²) in [5, 5.41) is 3.08. The molecule has 0 atom stereocenters. The minimum absolute atomic E-state index is 0.0262. The molecule has 1 amide bonds. The van der Waals surface area contributed by atoms with Crippen molar-refractivity contribution in [2.24, 2.45) is 0 Å². The fourth-order valence-electron chi connectivity index (χ4n) is 4.07. The van der Waals surface area contributed by atoms with Crippen LogP contribution in [0.15, 0.2) is 48.8 Å². The number of likely N-dealkylation sites (N-methyl/N-ethyl adjacent to an activating group) is 1. The SMILES string of the molecule is CN1Cc2c(Nc3cc(F)c(C4(F)CN(c5ccccc5)C4)cn3)c[nH]c2CC1=O. The van der Waals surface area contributed by atoms with E-state index < -0.39 is 11.5 Å². The van der Waals surface area contributed by atoms with Crippen molar-refractivity contribution in [2.75, 3.05) is 30.4 Å². The first-order valence-electron chi connectivity index (χ1n) is 9.78. The molecule has 2 aliphatic rings. The number of amides is 1. The van der Waals surface area contributed by atoms with Gasteiger partial charge in [-0.2, -0.15) is 0 Å². The Morgan fingerprint density at radius 3 is 2.73 bits per heavy atom. The molecule has 8 heteroatoms. The standard InChI is InChI=1S/C22H21F2N5O/c1-28-11-15-18(8-21(28)30)25-10-19(15)27-20-7-17(23)16(9-26-20)22(24)12-29(13-22)14-5-3-2-4-6-14/h2-7,9-10,25H,8,11-13H2,1H3,(H,26,27). The quantitative estimate of drug-likeness (QED) is 0.693. The Bertz CT molecular complexity index is 1110. The van der Waals surface area contributed by atoms with Gasteiger partial charge in [0.2, 0.25) is 5.91 Å². The predicted octanol–water partition coefficient (Wildman–Crippen LogP) is 3.49. The number of nitrogens with zero attached hydrogens (tertiary/aromatic N) is 3. The average molecular weight is 409 g/mol. The van der Waals surface area contributed by atoms with Crippen LogP contribution in [0.4, 0.5) is 26.0 Å². The highest BCUT2D eigenvalue weighted by atomic mass is 19.1. The van der Waals surface area contributed by atoms with Crippen LogP contribution in [0.3, 0.4) is 0 Å². The number of carbonyl (C=O) groups excluding carboxylic acids is 1. The first-order chi connectivity index (χ1) is 14.4. The number of benzene rings is 1. The number of hydrogen-bond donors (Lipinski definition) is 2. The fourth-order valence-corrected chi connectivity index (χ4v) is 4.07. The Kier molecular flexibility index (Phi) is 4.23. The summed E-state index contributed by atoms with van der Waals surface area (Å²) >= 11 is 0. The van der Waals surface area contributed by atoms with Gasteiger partial charge in [-0.1, -0.05) is 18.2 Å². The molecule has 1 fully saturated rings. The number of pyridine rings is 1. The third kappa shape index (κ3) is 3.08. The van der Waals surface area contributed by atoms with Crippen molar-refractivity contribution < 1.29 is 13.6 Å². The summed E-state index contributed by atoms with van der Waals surface area (Å²) in [5.41, 5.74) is 1.65. The number of aromatic amines is 1. The van der Waals surface area contributed by atoms with E-state index in [2.05, 4.69) is 15.3 Å². The van der Waals surface area contributed by atoms with Gasteiger partial charge in [0.25, 0.3) is 0 Å². The maximum absolute atomic E-state index is 15.3. The molecule has 0 spiro atoms. The molecule has 1 aromatic carbocycles. The molecule has 4 heterocycles. The number of halogens is 2. The van der Waals surface area contributed by atoms with E-state index >= 15 is 4.39 Å². The number of fused-ring (bicyclic) bond motifs is 1. The Hall–Kier alpha value is -3.42. The van der Waals surface area contributed by atoms with Gasteiger partial charge in [-0.3, -0.25) is 4.79 Å². The molecule has 0 radical (unpaired) electrons. The molecular weight excluding hydrogens is 388 g/mol. The first-order valence-corrected chi connectivity index (χ1v) is 9.78. The first kappa shape index (κ1) is 18.6. The van der Waals surface area contributed by atoms with Gasteiger partial charge in [-0.05, 0) is 12.1 Å². The molecule has 0 bridgehead atoms. The van der Waals surface area contributed by atoms with E-state index in [0.717, 1.165) is 22.6 Å². The number of H-pyrrole nitrogens is 1. The molecule has 0 saturated carbocycles. The Morgan fingerprint density at radius 2 is 2.00 bits per heavy atom. The van der Waals surface area contributed by atoms with E-state index in [0.29, 0.717) is 18.8 Å². The molecule has 0 aliphatic carbocycles. The van der Waals surface area contributed by atoms with Gasteiger partial charge in [0.15, 0.2) is 5.67 Å². The normalized spacial score (nSPS) is 17.5. The molecule has 154 valence electrons. The molecule has 2 N–H and O–H groups in total. The van der Waals surface area contributed by atoms with Gasteiger partial charge >= 0.3 is 0 Å². The highest BCUT2D eigenvalue weighted by molar-refractivity contribution is 5.82. The van der Waals surface area contributed by atoms with Crippen LogP contribution in [0.25, 0.3) is 0 Å². The molecule has 3 aromatic rings. The van der Waals surface area contributed by atoms with Crippen LogP contribution in [0.1, 0.15) is 16.8 Å². The molecule has 6 nitrogen and oxygen atoms in total. The Morgan fingerprint density at radius 1 is 1.23 bits per heavy atom. The molecule has 2 aliphatic heterocycles. The van der Waals surface area contributed by atoms with Crippen LogP contribution in [0.2, 0.25) is 0 Å². The Labute approximate surface area is 172 Å². The minimum atomic E-state index is -1.76. The van der Waals surface area contributed by atoms with Crippen molar-refractivity contribution in [1.82, 2.24) is 14.9 Å². The van der Waals surface area contributed by atoms with Crippen LogP contribution in [-0.2, 0) is 23.4 Å². The number of nitrogens with one attached hydrogen (secondary N) is 2. The Balaban J connectivity index is 1.32. The summed E-state index contributed by atoms with van der Waals surface area (Å²) in [6.45, 7) is 0.644. The summed E-state index contributed by atoms with van der Waals surface area (Å²) in [4.78, 5) is 22.7. The molecule has 1 saturated heterocycles. The minimum Gasteiger partial charge on any atom is -0.364 e. The summed E-state index contributed by atoms with van der Waals surface area (Å²) in [7, 11) is 1.74. The lowest BCUT2D eigenvalue weighted by molar-refractivity contribution is -0.130. The lowest BCUT2D eigenvalue weighted by atomic mass is 9.88. The van der Waals surface area contributed by atoms with Crippen molar-refractivity contribution in [2.45, 2.75) is 18.6 Å². The van der Waals surface area contributed by atoms with Crippen molar-refractivity contribution in [1.29, 1.82) is 0 Å². The van der Waals surface area contributed by atoms with Gasteiger partial charge in [0.1, 0.15) is 11.6 Å². The number of carbonyl (C=O) groups is 1. The van der Waals surface area contributed by atoms with Gasteiger partial charge in [-0.25, -0.2) is 13.8 Å². The number of alkyl halides is 1. The lowest BCUT2D eigenvalue weighted by Gasteiger charge is -2.46. The third-order valence-corrected chi connectivity index (χ3v) is 5.83. The average Bonchev–Trinajstić information content (AvgIpc) is 3.08. The molecule has 5 rings (SSSR count). The van der Waals surface area contributed by atoms with Crippen LogP contribution < -0.4 is 10.2 Å². The van der Waals surface area contributed by atoms with Crippen molar-refractivity contribution in [3.63, 3.8) is 0 Å². The van der Waals surface area contributed by atoms with E-state index in [4.69, 9.17) is 0 Å². The topological polar surface area (TPSA) is 64.3 Å². The molecular formula is C22H21F2N5O. The van der Waals surface area contributed by atoms with Crippen LogP contribution in [0, 0.1) is 5.82 Å². The summed E-state index contributed by atoms with van der Waals surface area (Å²) in [5.74, 6) is -0.289. The van der Waals surface area contributed by atoms with Gasteiger partial charge in [-0.15, -0.1) is 0 Å². The number of para-hydroxylation sites is 1. The zero-order valence-electron chi connectivity index (χ0n) is 16.5. The fraction of sp³-hybridized carbons (Fsp3) is 0.273. The second-order valence-corrected chi connectivity index (χ2v) is 7.92. The zero-order valence-corrected chi connectivity index (χ0v) is 16.5. The van der Waals surface area contributed by atoms with Crippen LogP contribution in [-0.4, -0.2) is 40.9 Å².